The maximum Gasteiger partial charge on any atom is 0.320 e. The number of carboxylic acids is 1. The summed E-state index contributed by atoms with van der Waals surface area (Å²) >= 11 is 0. The van der Waals surface area contributed by atoms with E-state index < -0.39 is 12.0 Å². The molecule has 0 fully saturated rings. The van der Waals surface area contributed by atoms with Crippen LogP contribution in [-0.4, -0.2) is 29.6 Å². The van der Waals surface area contributed by atoms with Gasteiger partial charge in [0.1, 0.15) is 6.04 Å². The lowest BCUT2D eigenvalue weighted by molar-refractivity contribution is -0.139. The number of nitrogens with one attached hydrogen (secondary N) is 4. The second-order valence-corrected chi connectivity index (χ2v) is 3.27. The number of guanidine groups is 1. The van der Waals surface area contributed by atoms with E-state index in [2.05, 4.69) is 34.3 Å². The fraction of sp³-hybridized carbons (Fsp3) is 0.667. The number of rotatable bonds is 6. The number of hydrogen-bond acceptors (Lipinski definition) is 3. The van der Waals surface area contributed by atoms with E-state index in [-0.39, 0.29) is 5.96 Å². The van der Waals surface area contributed by atoms with Gasteiger partial charge in [0.25, 0.3) is 0 Å². The molecule has 6 nitrogen and oxygen atoms in total. The Morgan fingerprint density at radius 1 is 1.50 bits per heavy atom. The smallest absolute Gasteiger partial charge is 0.320 e. The Morgan fingerprint density at radius 3 is 2.57 bits per heavy atom. The van der Waals surface area contributed by atoms with Gasteiger partial charge in [-0.05, 0) is 22.2 Å². The highest BCUT2D eigenvalue weighted by Crippen LogP contribution is 1.98. The van der Waals surface area contributed by atoms with Gasteiger partial charge in [0, 0.05) is 6.54 Å². The molecule has 0 bridgehead atoms. The highest BCUT2D eigenvalue weighted by molar-refractivity contribution is 7.15. The molecule has 0 heterocycles. The van der Waals surface area contributed by atoms with Crippen LogP contribution in [0.3, 0.4) is 0 Å². The van der Waals surface area contributed by atoms with E-state index in [1.54, 1.807) is 0 Å². The van der Waals surface area contributed by atoms with Crippen molar-refractivity contribution in [2.75, 3.05) is 6.54 Å². The summed E-state index contributed by atoms with van der Waals surface area (Å²) in [6.45, 7) is 0.580. The first kappa shape index (κ1) is 13.6. The van der Waals surface area contributed by atoms with Crippen LogP contribution in [0, 0.1) is 5.41 Å². The second kappa shape index (κ2) is 7.92. The van der Waals surface area contributed by atoms with Gasteiger partial charge in [-0.15, -0.1) is 0 Å². The molecule has 14 heavy (non-hydrogen) atoms. The third-order valence-electron chi connectivity index (χ3n) is 1.61. The highest BCUT2D eigenvalue weighted by atomic mass is 31.0. The molecule has 82 valence electrons. The number of carboxylic acid groups (broad SMARTS) is 1. The molecule has 5 N–H and O–H groups in total. The third-order valence-corrected chi connectivity index (χ3v) is 2.31. The Morgan fingerprint density at radius 2 is 2.14 bits per heavy atom. The zero-order valence-corrected chi connectivity index (χ0v) is 10.0. The molecule has 0 saturated carbocycles. The van der Waals surface area contributed by atoms with Crippen molar-refractivity contribution in [2.24, 2.45) is 0 Å². The van der Waals surface area contributed by atoms with Crippen LogP contribution in [0.2, 0.25) is 0 Å². The summed E-state index contributed by atoms with van der Waals surface area (Å²) in [6, 6.07) is -0.542. The molecule has 0 aliphatic heterocycles. The first-order valence-electron chi connectivity index (χ1n) is 4.09. The summed E-state index contributed by atoms with van der Waals surface area (Å²) in [5, 5.41) is 23.8. The molecule has 8 heteroatoms. The molecule has 0 spiro atoms. The molecule has 0 aromatic carbocycles. The standard InChI is InChI=1S/C6H16N4O2P2/c7-6(10-14)8-3-1-2-4(9-13)5(11)12/h4,9H,1-3,13-14H2,(H,11,12)(H3,7,8,10). The molecule has 3 unspecified atom stereocenters. The zero-order chi connectivity index (χ0) is 11.0. The Balaban J connectivity index is 3.52. The van der Waals surface area contributed by atoms with Crippen molar-refractivity contribution >= 4 is 30.7 Å². The van der Waals surface area contributed by atoms with Gasteiger partial charge in [0.05, 0.1) is 0 Å². The molecule has 0 aliphatic carbocycles. The van der Waals surface area contributed by atoms with Crippen LogP contribution in [0.15, 0.2) is 0 Å². The summed E-state index contributed by atoms with van der Waals surface area (Å²) in [5.41, 5.74) is 0. The lowest BCUT2D eigenvalue weighted by Crippen LogP contribution is -2.34. The van der Waals surface area contributed by atoms with Crippen LogP contribution in [-0.2, 0) is 4.79 Å². The maximum absolute atomic E-state index is 10.6. The van der Waals surface area contributed by atoms with Gasteiger partial charge in [-0.3, -0.25) is 15.3 Å². The van der Waals surface area contributed by atoms with Gasteiger partial charge in [-0.2, -0.15) is 0 Å². The van der Waals surface area contributed by atoms with Gasteiger partial charge < -0.3 is 15.5 Å². The van der Waals surface area contributed by atoms with Crippen LogP contribution in [0.4, 0.5) is 0 Å². The van der Waals surface area contributed by atoms with Crippen molar-refractivity contribution in [2.45, 2.75) is 18.9 Å². The number of aliphatic carboxylic acids is 1. The average molecular weight is 238 g/mol. The summed E-state index contributed by atoms with van der Waals surface area (Å²) in [6.07, 6.45) is 1.21. The second-order valence-electron chi connectivity index (χ2n) is 2.65. The highest BCUT2D eigenvalue weighted by Gasteiger charge is 2.13. The largest absolute Gasteiger partial charge is 0.480 e. The summed E-state index contributed by atoms with van der Waals surface area (Å²) in [4.78, 5) is 10.6. The molecule has 0 aromatic rings. The Kier molecular flexibility index (Phi) is 7.67. The van der Waals surface area contributed by atoms with E-state index in [1.807, 2.05) is 0 Å². The third kappa shape index (κ3) is 6.08. The van der Waals surface area contributed by atoms with Gasteiger partial charge in [-0.1, -0.05) is 9.39 Å². The minimum atomic E-state index is -0.862. The lowest BCUT2D eigenvalue weighted by atomic mass is 10.2. The predicted molar refractivity (Wildman–Crippen MR) is 62.1 cm³/mol. The van der Waals surface area contributed by atoms with E-state index in [0.29, 0.717) is 19.4 Å². The minimum Gasteiger partial charge on any atom is -0.480 e. The molecule has 0 rings (SSSR count). The topological polar surface area (TPSA) is 97.2 Å². The molecule has 0 saturated heterocycles. The van der Waals surface area contributed by atoms with Crippen LogP contribution < -0.4 is 15.5 Å². The SMILES string of the molecule is N=C(NP)NCCCC(NP)C(=O)O. The Labute approximate surface area is 87.6 Å². The van der Waals surface area contributed by atoms with E-state index in [1.165, 1.54) is 0 Å². The van der Waals surface area contributed by atoms with Crippen molar-refractivity contribution in [3.05, 3.63) is 0 Å². The number of carbonyl (C=O) groups is 1. The van der Waals surface area contributed by atoms with Gasteiger partial charge in [-0.25, -0.2) is 0 Å². The van der Waals surface area contributed by atoms with E-state index >= 15 is 0 Å². The van der Waals surface area contributed by atoms with Gasteiger partial charge in [0.15, 0.2) is 5.96 Å². The van der Waals surface area contributed by atoms with Crippen LogP contribution in [0.25, 0.3) is 0 Å². The average Bonchev–Trinajstić information content (AvgIpc) is 2.16. The van der Waals surface area contributed by atoms with Crippen LogP contribution in [0.1, 0.15) is 12.8 Å². The fourth-order valence-corrected chi connectivity index (χ4v) is 1.26. The molecule has 0 radical (unpaired) electrons. The quantitative estimate of drug-likeness (QED) is 0.186. The molecule has 3 atom stereocenters. The van der Waals surface area contributed by atoms with Gasteiger partial charge >= 0.3 is 5.97 Å². The van der Waals surface area contributed by atoms with Crippen molar-refractivity contribution in [3.63, 3.8) is 0 Å². The maximum atomic E-state index is 10.6. The lowest BCUT2D eigenvalue weighted by Gasteiger charge is -2.11. The van der Waals surface area contributed by atoms with Crippen molar-refractivity contribution in [1.82, 2.24) is 15.5 Å². The van der Waals surface area contributed by atoms with Crippen LogP contribution >= 0.6 is 18.8 Å². The number of hydrogen-bond donors (Lipinski definition) is 5. The van der Waals surface area contributed by atoms with Crippen LogP contribution in [0.5, 0.6) is 0 Å². The van der Waals surface area contributed by atoms with Crippen molar-refractivity contribution in [3.8, 4) is 0 Å². The molecular formula is C6H16N4O2P2. The fourth-order valence-electron chi connectivity index (χ4n) is 0.849. The van der Waals surface area contributed by atoms with Gasteiger partial charge in [0.2, 0.25) is 0 Å². The Hall–Kier alpha value is -0.440. The van der Waals surface area contributed by atoms with Crippen molar-refractivity contribution < 1.29 is 9.90 Å². The normalized spacial score (nSPS) is 11.9. The minimum absolute atomic E-state index is 0.209. The first-order valence-corrected chi connectivity index (χ1v) is 5.25. The summed E-state index contributed by atoms with van der Waals surface area (Å²) in [7, 11) is 4.39. The predicted octanol–water partition coefficient (Wildman–Crippen LogP) is -0.496. The molecule has 0 aromatic heterocycles. The molecular weight excluding hydrogens is 222 g/mol. The van der Waals surface area contributed by atoms with E-state index in [0.717, 1.165) is 0 Å². The Bertz CT molecular complexity index is 202. The first-order chi connectivity index (χ1) is 6.61. The summed E-state index contributed by atoms with van der Waals surface area (Å²) in [5.74, 6) is -0.653. The molecule has 0 aliphatic rings. The van der Waals surface area contributed by atoms with E-state index in [9.17, 15) is 4.79 Å². The monoisotopic (exact) mass is 238 g/mol. The molecule has 0 amide bonds. The van der Waals surface area contributed by atoms with Crippen molar-refractivity contribution in [1.29, 1.82) is 5.41 Å². The summed E-state index contributed by atoms with van der Waals surface area (Å²) < 4.78 is 0. The van der Waals surface area contributed by atoms with E-state index in [4.69, 9.17) is 10.5 Å². The zero-order valence-electron chi connectivity index (χ0n) is 7.71.